The van der Waals surface area contributed by atoms with Gasteiger partial charge in [0.1, 0.15) is 0 Å². The zero-order valence-corrected chi connectivity index (χ0v) is 17.2. The molecule has 0 aliphatic carbocycles. The number of nitrogens with one attached hydrogen (secondary N) is 1. The van der Waals surface area contributed by atoms with Crippen molar-refractivity contribution < 1.29 is 13.2 Å². The number of benzene rings is 2. The maximum absolute atomic E-state index is 12.5. The number of rotatable bonds is 10. The third-order valence-corrected chi connectivity index (χ3v) is 6.02. The second-order valence-corrected chi connectivity index (χ2v) is 8.77. The van der Waals surface area contributed by atoms with Crippen molar-refractivity contribution in [2.45, 2.75) is 11.3 Å². The van der Waals surface area contributed by atoms with Gasteiger partial charge in [-0.2, -0.15) is 0 Å². The van der Waals surface area contributed by atoms with Gasteiger partial charge in [0.2, 0.25) is 15.9 Å². The lowest BCUT2D eigenvalue weighted by molar-refractivity contribution is -0.117. The molecule has 0 unspecified atom stereocenters. The van der Waals surface area contributed by atoms with E-state index in [1.807, 2.05) is 23.1 Å². The molecule has 28 heavy (non-hydrogen) atoms. The van der Waals surface area contributed by atoms with Crippen molar-refractivity contribution in [2.24, 2.45) is 0 Å². The second kappa shape index (κ2) is 10.2. The molecule has 0 radical (unpaired) electrons. The Morgan fingerprint density at radius 1 is 1.11 bits per heavy atom. The highest BCUT2D eigenvalue weighted by atomic mass is 32.2. The third-order valence-electron chi connectivity index (χ3n) is 4.21. The van der Waals surface area contributed by atoms with Crippen LogP contribution in [0.25, 0.3) is 0 Å². The van der Waals surface area contributed by atoms with Crippen LogP contribution in [-0.4, -0.2) is 57.3 Å². The van der Waals surface area contributed by atoms with Crippen LogP contribution in [-0.2, 0) is 21.2 Å². The summed E-state index contributed by atoms with van der Waals surface area (Å²) in [5.41, 5.74) is 1.66. The SMILES string of the molecule is C=CCN(CCc1ccccc1)CC(=O)Nc1cccc(S(=O)(=O)N(C)C)c1. The van der Waals surface area contributed by atoms with Gasteiger partial charge in [0.05, 0.1) is 11.4 Å². The first-order valence-electron chi connectivity index (χ1n) is 9.02. The van der Waals surface area contributed by atoms with Crippen molar-refractivity contribution in [3.05, 3.63) is 72.8 Å². The molecule has 2 rings (SSSR count). The van der Waals surface area contributed by atoms with Gasteiger partial charge in [-0.25, -0.2) is 12.7 Å². The van der Waals surface area contributed by atoms with Crippen LogP contribution in [0.4, 0.5) is 5.69 Å². The van der Waals surface area contributed by atoms with Crippen LogP contribution >= 0.6 is 0 Å². The van der Waals surface area contributed by atoms with Crippen molar-refractivity contribution in [2.75, 3.05) is 39.0 Å². The average Bonchev–Trinajstić information content (AvgIpc) is 2.67. The third kappa shape index (κ3) is 6.30. The molecule has 0 aromatic heterocycles. The molecule has 2 aromatic rings. The van der Waals surface area contributed by atoms with E-state index in [-0.39, 0.29) is 17.3 Å². The highest BCUT2D eigenvalue weighted by Gasteiger charge is 2.18. The highest BCUT2D eigenvalue weighted by molar-refractivity contribution is 7.89. The quantitative estimate of drug-likeness (QED) is 0.622. The van der Waals surface area contributed by atoms with Gasteiger partial charge in [-0.05, 0) is 30.2 Å². The monoisotopic (exact) mass is 401 g/mol. The van der Waals surface area contributed by atoms with Gasteiger partial charge >= 0.3 is 0 Å². The maximum atomic E-state index is 12.5. The van der Waals surface area contributed by atoms with Gasteiger partial charge < -0.3 is 5.32 Å². The Bertz CT molecular complexity index is 896. The summed E-state index contributed by atoms with van der Waals surface area (Å²) in [6.45, 7) is 5.27. The van der Waals surface area contributed by atoms with Crippen LogP contribution in [0.15, 0.2) is 72.1 Å². The number of anilines is 1. The van der Waals surface area contributed by atoms with Gasteiger partial charge in [0.15, 0.2) is 0 Å². The first kappa shape index (κ1) is 21.8. The average molecular weight is 402 g/mol. The van der Waals surface area contributed by atoms with Crippen LogP contribution in [0, 0.1) is 0 Å². The molecule has 1 amide bonds. The molecule has 0 saturated heterocycles. The summed E-state index contributed by atoms with van der Waals surface area (Å²) in [6.07, 6.45) is 2.60. The Morgan fingerprint density at radius 2 is 1.82 bits per heavy atom. The number of carbonyl (C=O) groups excluding carboxylic acids is 1. The zero-order valence-electron chi connectivity index (χ0n) is 16.3. The fourth-order valence-corrected chi connectivity index (χ4v) is 3.65. The zero-order chi connectivity index (χ0) is 20.6. The van der Waals surface area contributed by atoms with Crippen LogP contribution in [0.5, 0.6) is 0 Å². The van der Waals surface area contributed by atoms with Gasteiger partial charge in [0.25, 0.3) is 0 Å². The predicted molar refractivity (Wildman–Crippen MR) is 113 cm³/mol. The molecule has 0 atom stereocenters. The number of hydrogen-bond donors (Lipinski definition) is 1. The fourth-order valence-electron chi connectivity index (χ4n) is 2.70. The van der Waals surface area contributed by atoms with E-state index < -0.39 is 10.0 Å². The lowest BCUT2D eigenvalue weighted by Crippen LogP contribution is -2.35. The summed E-state index contributed by atoms with van der Waals surface area (Å²) < 4.78 is 25.6. The molecule has 0 bridgehead atoms. The van der Waals surface area contributed by atoms with E-state index in [2.05, 4.69) is 24.0 Å². The van der Waals surface area contributed by atoms with Gasteiger partial charge in [-0.1, -0.05) is 42.5 Å². The predicted octanol–water partition coefficient (Wildman–Crippen LogP) is 2.61. The van der Waals surface area contributed by atoms with Crippen molar-refractivity contribution in [3.63, 3.8) is 0 Å². The molecule has 0 heterocycles. The normalized spacial score (nSPS) is 11.6. The van der Waals surface area contributed by atoms with E-state index in [0.29, 0.717) is 12.2 Å². The molecule has 0 fully saturated rings. The minimum absolute atomic E-state index is 0.141. The summed E-state index contributed by atoms with van der Waals surface area (Å²) in [7, 11) is -0.602. The molecular weight excluding hydrogens is 374 g/mol. The van der Waals surface area contributed by atoms with E-state index in [4.69, 9.17) is 0 Å². The lowest BCUT2D eigenvalue weighted by Gasteiger charge is -2.20. The highest BCUT2D eigenvalue weighted by Crippen LogP contribution is 2.18. The molecule has 0 aliphatic rings. The van der Waals surface area contributed by atoms with Gasteiger partial charge in [-0.15, -0.1) is 6.58 Å². The Labute approximate surface area is 167 Å². The molecule has 0 aliphatic heterocycles. The maximum Gasteiger partial charge on any atom is 0.242 e. The van der Waals surface area contributed by atoms with Crippen LogP contribution in [0.1, 0.15) is 5.56 Å². The summed E-state index contributed by atoms with van der Waals surface area (Å²) in [5, 5.41) is 2.78. The number of hydrogen-bond acceptors (Lipinski definition) is 4. The number of carbonyl (C=O) groups is 1. The standard InChI is InChI=1S/C21H27N3O3S/c1-4-14-24(15-13-18-9-6-5-7-10-18)17-21(25)22-19-11-8-12-20(16-19)28(26,27)23(2)3/h4-12,16H,1,13-15,17H2,2-3H3,(H,22,25). The van der Waals surface area contributed by atoms with E-state index in [1.165, 1.54) is 31.8 Å². The molecule has 6 nitrogen and oxygen atoms in total. The van der Waals surface area contributed by atoms with Gasteiger partial charge in [-0.3, -0.25) is 9.69 Å². The van der Waals surface area contributed by atoms with Crippen LogP contribution in [0.3, 0.4) is 0 Å². The van der Waals surface area contributed by atoms with Gasteiger partial charge in [0, 0.05) is 32.9 Å². The van der Waals surface area contributed by atoms with Crippen molar-refractivity contribution in [3.8, 4) is 0 Å². The van der Waals surface area contributed by atoms with Crippen LogP contribution in [0.2, 0.25) is 0 Å². The van der Waals surface area contributed by atoms with E-state index in [1.54, 1.807) is 18.2 Å². The summed E-state index contributed by atoms with van der Waals surface area (Å²) in [4.78, 5) is 14.6. The summed E-state index contributed by atoms with van der Waals surface area (Å²) in [6, 6.07) is 16.3. The smallest absolute Gasteiger partial charge is 0.242 e. The Morgan fingerprint density at radius 3 is 2.46 bits per heavy atom. The Hall–Kier alpha value is -2.48. The van der Waals surface area contributed by atoms with E-state index in [9.17, 15) is 13.2 Å². The van der Waals surface area contributed by atoms with Crippen molar-refractivity contribution >= 4 is 21.6 Å². The minimum Gasteiger partial charge on any atom is -0.325 e. The molecular formula is C21H27N3O3S. The fraction of sp³-hybridized carbons (Fsp3) is 0.286. The lowest BCUT2D eigenvalue weighted by atomic mass is 10.1. The molecule has 0 saturated carbocycles. The first-order valence-corrected chi connectivity index (χ1v) is 10.5. The largest absolute Gasteiger partial charge is 0.325 e. The topological polar surface area (TPSA) is 69.7 Å². The molecule has 1 N–H and O–H groups in total. The first-order chi connectivity index (χ1) is 13.3. The minimum atomic E-state index is -3.55. The summed E-state index contributed by atoms with van der Waals surface area (Å²) in [5.74, 6) is -0.200. The molecule has 0 spiro atoms. The Kier molecular flexibility index (Phi) is 7.92. The number of sulfonamides is 1. The van der Waals surface area contributed by atoms with Crippen LogP contribution < -0.4 is 5.32 Å². The molecule has 2 aromatic carbocycles. The number of amides is 1. The number of nitrogens with zero attached hydrogens (tertiary/aromatic N) is 2. The van der Waals surface area contributed by atoms with Crippen molar-refractivity contribution in [1.29, 1.82) is 0 Å². The van der Waals surface area contributed by atoms with Crippen molar-refractivity contribution in [1.82, 2.24) is 9.21 Å². The van der Waals surface area contributed by atoms with E-state index >= 15 is 0 Å². The Balaban J connectivity index is 1.99. The molecule has 150 valence electrons. The van der Waals surface area contributed by atoms with E-state index in [0.717, 1.165) is 17.3 Å². The summed E-state index contributed by atoms with van der Waals surface area (Å²) >= 11 is 0. The second-order valence-electron chi connectivity index (χ2n) is 6.62. The molecule has 7 heteroatoms.